The Morgan fingerprint density at radius 3 is 2.35 bits per heavy atom. The van der Waals surface area contributed by atoms with E-state index < -0.39 is 0 Å². The van der Waals surface area contributed by atoms with Crippen LogP contribution in [0.4, 0.5) is 4.39 Å². The van der Waals surface area contributed by atoms with E-state index >= 15 is 0 Å². The number of benzene rings is 1. The zero-order chi connectivity index (χ0) is 15.2. The Balaban J connectivity index is 2.27. The van der Waals surface area contributed by atoms with Crippen molar-refractivity contribution < 1.29 is 4.39 Å². The summed E-state index contributed by atoms with van der Waals surface area (Å²) in [5.74, 6) is -0.104. The standard InChI is InChI=1S/C17H25FN2/c1-13-9-15(10-14(2)16(13)18)11-20-8-6-5-7-17(3,4)12-19/h9-10,20H,5-8,11H2,1-4H3. The van der Waals surface area contributed by atoms with Crippen LogP contribution in [0.5, 0.6) is 0 Å². The van der Waals surface area contributed by atoms with Crippen molar-refractivity contribution in [2.24, 2.45) is 5.41 Å². The minimum absolute atomic E-state index is 0.104. The van der Waals surface area contributed by atoms with Crippen LogP contribution in [0.15, 0.2) is 12.1 Å². The lowest BCUT2D eigenvalue weighted by Crippen LogP contribution is -2.16. The lowest BCUT2D eigenvalue weighted by atomic mass is 9.89. The molecule has 0 amide bonds. The van der Waals surface area contributed by atoms with Gasteiger partial charge in [-0.3, -0.25) is 0 Å². The van der Waals surface area contributed by atoms with Gasteiger partial charge < -0.3 is 5.32 Å². The zero-order valence-corrected chi connectivity index (χ0v) is 13.0. The van der Waals surface area contributed by atoms with Crippen LogP contribution in [0.25, 0.3) is 0 Å². The monoisotopic (exact) mass is 276 g/mol. The summed E-state index contributed by atoms with van der Waals surface area (Å²) in [5, 5.41) is 12.3. The Labute approximate surface area is 122 Å². The van der Waals surface area contributed by atoms with Gasteiger partial charge in [-0.15, -0.1) is 0 Å². The molecule has 1 N–H and O–H groups in total. The molecule has 0 aliphatic carbocycles. The number of rotatable bonds is 7. The van der Waals surface area contributed by atoms with Crippen molar-refractivity contribution >= 4 is 0 Å². The van der Waals surface area contributed by atoms with Crippen LogP contribution in [0.2, 0.25) is 0 Å². The fourth-order valence-corrected chi connectivity index (χ4v) is 2.24. The van der Waals surface area contributed by atoms with Crippen LogP contribution in [-0.2, 0) is 6.54 Å². The molecule has 0 aliphatic rings. The van der Waals surface area contributed by atoms with Crippen molar-refractivity contribution in [3.05, 3.63) is 34.6 Å². The number of nitrogens with zero attached hydrogens (tertiary/aromatic N) is 1. The minimum Gasteiger partial charge on any atom is -0.313 e. The maximum atomic E-state index is 13.5. The van der Waals surface area contributed by atoms with Gasteiger partial charge >= 0.3 is 0 Å². The molecular formula is C17H25FN2. The van der Waals surface area contributed by atoms with Crippen molar-refractivity contribution in [3.63, 3.8) is 0 Å². The number of nitriles is 1. The minimum atomic E-state index is -0.217. The summed E-state index contributed by atoms with van der Waals surface area (Å²) in [5.41, 5.74) is 2.32. The van der Waals surface area contributed by atoms with Crippen LogP contribution < -0.4 is 5.32 Å². The van der Waals surface area contributed by atoms with Gasteiger partial charge in [0.25, 0.3) is 0 Å². The highest BCUT2D eigenvalue weighted by Gasteiger charge is 2.15. The molecule has 0 spiro atoms. The second-order valence-electron chi connectivity index (χ2n) is 6.17. The van der Waals surface area contributed by atoms with Gasteiger partial charge in [-0.25, -0.2) is 4.39 Å². The highest BCUT2D eigenvalue weighted by atomic mass is 19.1. The molecule has 1 aromatic rings. The van der Waals surface area contributed by atoms with Gasteiger partial charge in [0.15, 0.2) is 0 Å². The van der Waals surface area contributed by atoms with Crippen LogP contribution in [0.3, 0.4) is 0 Å². The summed E-state index contributed by atoms with van der Waals surface area (Å²) in [6, 6.07) is 6.11. The predicted molar refractivity (Wildman–Crippen MR) is 80.8 cm³/mol. The first-order valence-electron chi connectivity index (χ1n) is 7.23. The van der Waals surface area contributed by atoms with Gasteiger partial charge in [-0.1, -0.05) is 18.6 Å². The molecule has 110 valence electrons. The topological polar surface area (TPSA) is 35.8 Å². The Kier molecular flexibility index (Phi) is 6.16. The molecular weight excluding hydrogens is 251 g/mol. The second kappa shape index (κ2) is 7.40. The summed E-state index contributed by atoms with van der Waals surface area (Å²) in [4.78, 5) is 0. The number of hydrogen-bond donors (Lipinski definition) is 1. The maximum Gasteiger partial charge on any atom is 0.129 e. The third-order valence-electron chi connectivity index (χ3n) is 3.53. The number of halogens is 1. The van der Waals surface area contributed by atoms with E-state index in [-0.39, 0.29) is 11.2 Å². The number of aryl methyl sites for hydroxylation is 2. The van der Waals surface area contributed by atoms with Gasteiger partial charge in [0, 0.05) is 6.54 Å². The van der Waals surface area contributed by atoms with Crippen LogP contribution in [0.1, 0.15) is 49.8 Å². The lowest BCUT2D eigenvalue weighted by molar-refractivity contribution is 0.422. The molecule has 0 unspecified atom stereocenters. The van der Waals surface area contributed by atoms with E-state index in [4.69, 9.17) is 5.26 Å². The highest BCUT2D eigenvalue weighted by Crippen LogP contribution is 2.21. The van der Waals surface area contributed by atoms with Gasteiger partial charge in [-0.2, -0.15) is 5.26 Å². The average Bonchev–Trinajstić information content (AvgIpc) is 2.39. The zero-order valence-electron chi connectivity index (χ0n) is 13.0. The number of hydrogen-bond acceptors (Lipinski definition) is 2. The van der Waals surface area contributed by atoms with Crippen LogP contribution in [-0.4, -0.2) is 6.54 Å². The number of nitrogens with one attached hydrogen (secondary N) is 1. The van der Waals surface area contributed by atoms with Gasteiger partial charge in [0.1, 0.15) is 5.82 Å². The van der Waals surface area contributed by atoms with Crippen LogP contribution in [0, 0.1) is 36.4 Å². The Hall–Kier alpha value is -1.40. The maximum absolute atomic E-state index is 13.5. The molecule has 0 bridgehead atoms. The van der Waals surface area contributed by atoms with Crippen molar-refractivity contribution in [2.45, 2.75) is 53.5 Å². The molecule has 1 rings (SSSR count). The molecule has 0 aliphatic heterocycles. The van der Waals surface area contributed by atoms with Crippen molar-refractivity contribution in [2.75, 3.05) is 6.54 Å². The fourth-order valence-electron chi connectivity index (χ4n) is 2.24. The third-order valence-corrected chi connectivity index (χ3v) is 3.53. The first-order chi connectivity index (χ1) is 9.35. The molecule has 0 radical (unpaired) electrons. The first-order valence-corrected chi connectivity index (χ1v) is 7.23. The Bertz CT molecular complexity index is 463. The lowest BCUT2D eigenvalue weighted by Gasteiger charge is -2.14. The third kappa shape index (κ3) is 5.30. The molecule has 0 aromatic heterocycles. The molecule has 0 heterocycles. The molecule has 2 nitrogen and oxygen atoms in total. The van der Waals surface area contributed by atoms with Crippen LogP contribution >= 0.6 is 0 Å². The molecule has 0 fully saturated rings. The summed E-state index contributed by atoms with van der Waals surface area (Å²) >= 11 is 0. The van der Waals surface area contributed by atoms with E-state index in [1.165, 1.54) is 0 Å². The Morgan fingerprint density at radius 1 is 1.20 bits per heavy atom. The van der Waals surface area contributed by atoms with E-state index in [1.807, 2.05) is 26.0 Å². The molecule has 3 heteroatoms. The number of unbranched alkanes of at least 4 members (excludes halogenated alkanes) is 1. The van der Waals surface area contributed by atoms with E-state index in [1.54, 1.807) is 13.8 Å². The fraction of sp³-hybridized carbons (Fsp3) is 0.588. The quantitative estimate of drug-likeness (QED) is 0.756. The largest absolute Gasteiger partial charge is 0.313 e. The first kappa shape index (κ1) is 16.7. The van der Waals surface area contributed by atoms with E-state index in [0.29, 0.717) is 11.1 Å². The van der Waals surface area contributed by atoms with Crippen molar-refractivity contribution in [1.82, 2.24) is 5.32 Å². The Morgan fingerprint density at radius 2 is 1.80 bits per heavy atom. The summed E-state index contributed by atoms with van der Waals surface area (Å²) in [6.45, 7) is 9.25. The molecule has 20 heavy (non-hydrogen) atoms. The second-order valence-corrected chi connectivity index (χ2v) is 6.17. The highest BCUT2D eigenvalue weighted by molar-refractivity contribution is 5.30. The average molecular weight is 276 g/mol. The molecule has 0 atom stereocenters. The van der Waals surface area contributed by atoms with Gasteiger partial charge in [0.05, 0.1) is 11.5 Å². The summed E-state index contributed by atoms with van der Waals surface area (Å²) < 4.78 is 13.5. The normalized spacial score (nSPS) is 11.4. The van der Waals surface area contributed by atoms with Gasteiger partial charge in [0.2, 0.25) is 0 Å². The SMILES string of the molecule is Cc1cc(CNCCCCC(C)(C)C#N)cc(C)c1F. The van der Waals surface area contributed by atoms with Gasteiger partial charge in [-0.05, 0) is 63.8 Å². The summed E-state index contributed by atoms with van der Waals surface area (Å²) in [6.07, 6.45) is 3.04. The smallest absolute Gasteiger partial charge is 0.129 e. The molecule has 0 saturated heterocycles. The van der Waals surface area contributed by atoms with E-state index in [2.05, 4.69) is 11.4 Å². The van der Waals surface area contributed by atoms with E-state index in [0.717, 1.165) is 37.9 Å². The van der Waals surface area contributed by atoms with Crippen molar-refractivity contribution in [3.8, 4) is 6.07 Å². The summed E-state index contributed by atoms with van der Waals surface area (Å²) in [7, 11) is 0. The van der Waals surface area contributed by atoms with Crippen molar-refractivity contribution in [1.29, 1.82) is 5.26 Å². The van der Waals surface area contributed by atoms with E-state index in [9.17, 15) is 4.39 Å². The molecule has 1 aromatic carbocycles. The predicted octanol–water partition coefficient (Wildman–Crippen LogP) is 4.25. The molecule has 0 saturated carbocycles.